The Labute approximate surface area is 131 Å². The van der Waals surface area contributed by atoms with Crippen LogP contribution in [-0.4, -0.2) is 58.3 Å². The van der Waals surface area contributed by atoms with E-state index >= 15 is 0 Å². The molecule has 3 rings (SSSR count). The molecule has 1 fully saturated rings. The fourth-order valence-electron chi connectivity index (χ4n) is 3.28. The van der Waals surface area contributed by atoms with Crippen molar-refractivity contribution in [2.45, 2.75) is 32.2 Å². The van der Waals surface area contributed by atoms with E-state index in [0.717, 1.165) is 37.3 Å². The molecule has 0 N–H and O–H groups in total. The summed E-state index contributed by atoms with van der Waals surface area (Å²) in [5, 5.41) is 0. The van der Waals surface area contributed by atoms with Crippen molar-refractivity contribution in [3.63, 3.8) is 0 Å². The number of amides is 1. The van der Waals surface area contributed by atoms with E-state index in [1.807, 2.05) is 40.6 Å². The number of nitrogens with zero attached hydrogens (tertiary/aromatic N) is 4. The normalized spacial score (nSPS) is 19.1. The SMILES string of the molecule is Cc1cccc2nc(C(=O)N3CCCC[C@@H]3CN(C)C)cn12. The smallest absolute Gasteiger partial charge is 0.274 e. The second-order valence-corrected chi connectivity index (χ2v) is 6.43. The number of carbonyl (C=O) groups excluding carboxylic acids is 1. The first-order valence-corrected chi connectivity index (χ1v) is 7.96. The van der Waals surface area contributed by atoms with Crippen molar-refractivity contribution < 1.29 is 4.79 Å². The highest BCUT2D eigenvalue weighted by Crippen LogP contribution is 2.20. The minimum atomic E-state index is 0.0645. The Balaban J connectivity index is 1.88. The van der Waals surface area contributed by atoms with Crippen molar-refractivity contribution >= 4 is 11.6 Å². The summed E-state index contributed by atoms with van der Waals surface area (Å²) >= 11 is 0. The Bertz CT molecular complexity index is 676. The van der Waals surface area contributed by atoms with E-state index in [-0.39, 0.29) is 5.91 Å². The maximum absolute atomic E-state index is 12.9. The number of hydrogen-bond acceptors (Lipinski definition) is 3. The van der Waals surface area contributed by atoms with E-state index in [1.54, 1.807) is 0 Å². The van der Waals surface area contributed by atoms with E-state index in [1.165, 1.54) is 6.42 Å². The number of piperidine rings is 1. The minimum Gasteiger partial charge on any atom is -0.333 e. The summed E-state index contributed by atoms with van der Waals surface area (Å²) in [4.78, 5) is 21.6. The monoisotopic (exact) mass is 300 g/mol. The van der Waals surface area contributed by atoms with Crippen LogP contribution in [-0.2, 0) is 0 Å². The highest BCUT2D eigenvalue weighted by atomic mass is 16.2. The number of likely N-dealkylation sites (N-methyl/N-ethyl adjacent to an activating group) is 1. The molecule has 0 bridgehead atoms. The van der Waals surface area contributed by atoms with Gasteiger partial charge in [0.25, 0.3) is 5.91 Å². The number of aryl methyl sites for hydroxylation is 1. The van der Waals surface area contributed by atoms with Crippen LogP contribution in [0, 0.1) is 6.92 Å². The molecule has 1 amide bonds. The lowest BCUT2D eigenvalue weighted by Crippen LogP contribution is -2.48. The van der Waals surface area contributed by atoms with Gasteiger partial charge in [-0.2, -0.15) is 0 Å². The van der Waals surface area contributed by atoms with Crippen LogP contribution in [0.15, 0.2) is 24.4 Å². The second-order valence-electron chi connectivity index (χ2n) is 6.43. The van der Waals surface area contributed by atoms with Crippen molar-refractivity contribution in [1.29, 1.82) is 0 Å². The molecule has 0 aromatic carbocycles. The van der Waals surface area contributed by atoms with Gasteiger partial charge in [0, 0.05) is 31.0 Å². The van der Waals surface area contributed by atoms with Crippen molar-refractivity contribution in [2.75, 3.05) is 27.2 Å². The standard InChI is InChI=1S/C17H24N4O/c1-13-7-6-9-16-18-15(12-21(13)16)17(22)20-10-5-4-8-14(20)11-19(2)3/h6-7,9,12,14H,4-5,8,10-11H2,1-3H3/t14-/m1/s1. The molecule has 1 saturated heterocycles. The largest absolute Gasteiger partial charge is 0.333 e. The third kappa shape index (κ3) is 2.86. The fourth-order valence-corrected chi connectivity index (χ4v) is 3.28. The zero-order valence-corrected chi connectivity index (χ0v) is 13.6. The lowest BCUT2D eigenvalue weighted by Gasteiger charge is -2.36. The minimum absolute atomic E-state index is 0.0645. The van der Waals surface area contributed by atoms with Crippen LogP contribution in [0.2, 0.25) is 0 Å². The first-order chi connectivity index (χ1) is 10.6. The summed E-state index contributed by atoms with van der Waals surface area (Å²) in [6, 6.07) is 6.24. The van der Waals surface area contributed by atoms with Gasteiger partial charge in [-0.15, -0.1) is 0 Å². The number of carbonyl (C=O) groups is 1. The van der Waals surface area contributed by atoms with Crippen molar-refractivity contribution in [3.05, 3.63) is 35.8 Å². The molecule has 0 aliphatic carbocycles. The summed E-state index contributed by atoms with van der Waals surface area (Å²) in [7, 11) is 4.12. The summed E-state index contributed by atoms with van der Waals surface area (Å²) in [6.07, 6.45) is 5.24. The zero-order chi connectivity index (χ0) is 15.7. The van der Waals surface area contributed by atoms with Gasteiger partial charge in [0.15, 0.2) is 0 Å². The molecule has 2 aromatic rings. The highest BCUT2D eigenvalue weighted by molar-refractivity contribution is 5.93. The Morgan fingerprint density at radius 1 is 1.36 bits per heavy atom. The second kappa shape index (κ2) is 6.08. The van der Waals surface area contributed by atoms with Gasteiger partial charge in [-0.25, -0.2) is 4.98 Å². The van der Waals surface area contributed by atoms with Crippen LogP contribution in [0.25, 0.3) is 5.65 Å². The summed E-state index contributed by atoms with van der Waals surface area (Å²) in [5.41, 5.74) is 2.48. The number of aromatic nitrogens is 2. The van der Waals surface area contributed by atoms with Gasteiger partial charge in [0.1, 0.15) is 11.3 Å². The molecule has 22 heavy (non-hydrogen) atoms. The van der Waals surface area contributed by atoms with Gasteiger partial charge in [0.2, 0.25) is 0 Å². The number of rotatable bonds is 3. The number of fused-ring (bicyclic) bond motifs is 1. The van der Waals surface area contributed by atoms with Crippen molar-refractivity contribution in [2.24, 2.45) is 0 Å². The number of hydrogen-bond donors (Lipinski definition) is 0. The first kappa shape index (κ1) is 15.0. The quantitative estimate of drug-likeness (QED) is 0.872. The fraction of sp³-hybridized carbons (Fsp3) is 0.529. The molecule has 0 spiro atoms. The van der Waals surface area contributed by atoms with Gasteiger partial charge in [-0.1, -0.05) is 6.07 Å². The molecule has 118 valence electrons. The molecule has 1 aliphatic heterocycles. The number of pyridine rings is 1. The summed E-state index contributed by atoms with van der Waals surface area (Å²) in [6.45, 7) is 3.78. The molecular weight excluding hydrogens is 276 g/mol. The predicted octanol–water partition coefficient (Wildman–Crippen LogP) is 2.20. The lowest BCUT2D eigenvalue weighted by atomic mass is 10.0. The molecule has 2 aromatic heterocycles. The van der Waals surface area contributed by atoms with Crippen LogP contribution < -0.4 is 0 Å². The molecule has 5 heteroatoms. The van der Waals surface area contributed by atoms with Crippen LogP contribution in [0.4, 0.5) is 0 Å². The molecular formula is C17H24N4O. The summed E-state index contributed by atoms with van der Waals surface area (Å²) in [5.74, 6) is 0.0645. The number of likely N-dealkylation sites (tertiary alicyclic amines) is 1. The van der Waals surface area contributed by atoms with Gasteiger partial charge >= 0.3 is 0 Å². The Morgan fingerprint density at radius 3 is 2.91 bits per heavy atom. The number of imidazole rings is 1. The molecule has 0 saturated carbocycles. The molecule has 1 atom stereocenters. The molecule has 3 heterocycles. The average Bonchev–Trinajstić information content (AvgIpc) is 2.92. The zero-order valence-electron chi connectivity index (χ0n) is 13.6. The van der Waals surface area contributed by atoms with Gasteiger partial charge in [0.05, 0.1) is 0 Å². The van der Waals surface area contributed by atoms with E-state index in [0.29, 0.717) is 11.7 Å². The highest BCUT2D eigenvalue weighted by Gasteiger charge is 2.29. The third-order valence-corrected chi connectivity index (χ3v) is 4.38. The van der Waals surface area contributed by atoms with E-state index < -0.39 is 0 Å². The lowest BCUT2D eigenvalue weighted by molar-refractivity contribution is 0.0569. The van der Waals surface area contributed by atoms with E-state index in [2.05, 4.69) is 24.0 Å². The average molecular weight is 300 g/mol. The molecule has 0 unspecified atom stereocenters. The first-order valence-electron chi connectivity index (χ1n) is 7.96. The maximum Gasteiger partial charge on any atom is 0.274 e. The van der Waals surface area contributed by atoms with Crippen LogP contribution >= 0.6 is 0 Å². The van der Waals surface area contributed by atoms with Crippen molar-refractivity contribution in [3.8, 4) is 0 Å². The molecule has 5 nitrogen and oxygen atoms in total. The Hall–Kier alpha value is -1.88. The molecule has 0 radical (unpaired) electrons. The summed E-state index contributed by atoms with van der Waals surface area (Å²) < 4.78 is 1.98. The van der Waals surface area contributed by atoms with E-state index in [9.17, 15) is 4.79 Å². The van der Waals surface area contributed by atoms with Crippen molar-refractivity contribution in [1.82, 2.24) is 19.2 Å². The van der Waals surface area contributed by atoms with Gasteiger partial charge in [-0.3, -0.25) is 4.79 Å². The van der Waals surface area contributed by atoms with Crippen LogP contribution in [0.1, 0.15) is 35.4 Å². The Kier molecular flexibility index (Phi) is 4.16. The van der Waals surface area contributed by atoms with E-state index in [4.69, 9.17) is 0 Å². The van der Waals surface area contributed by atoms with Crippen LogP contribution in [0.3, 0.4) is 0 Å². The van der Waals surface area contributed by atoms with Gasteiger partial charge < -0.3 is 14.2 Å². The Morgan fingerprint density at radius 2 is 2.18 bits per heavy atom. The van der Waals surface area contributed by atoms with Gasteiger partial charge in [-0.05, 0) is 52.4 Å². The topological polar surface area (TPSA) is 40.9 Å². The predicted molar refractivity (Wildman–Crippen MR) is 87.2 cm³/mol. The molecule has 1 aliphatic rings. The third-order valence-electron chi connectivity index (χ3n) is 4.38. The van der Waals surface area contributed by atoms with Crippen LogP contribution in [0.5, 0.6) is 0 Å². The maximum atomic E-state index is 12.9.